The zero-order valence-electron chi connectivity index (χ0n) is 10.9. The van der Waals surface area contributed by atoms with Crippen molar-refractivity contribution in [1.82, 2.24) is 4.90 Å². The van der Waals surface area contributed by atoms with Gasteiger partial charge in [0.2, 0.25) is 0 Å². The molecule has 0 aliphatic heterocycles. The minimum absolute atomic E-state index is 0.448. The van der Waals surface area contributed by atoms with Gasteiger partial charge in [-0.25, -0.2) is 13.6 Å². The number of carboxylic acid groups (broad SMARTS) is 1. The van der Waals surface area contributed by atoms with Crippen LogP contribution in [0, 0.1) is 5.92 Å². The number of aliphatic carboxylic acids is 1. The van der Waals surface area contributed by atoms with Crippen molar-refractivity contribution < 1.29 is 28.2 Å². The molecule has 1 amide bonds. The summed E-state index contributed by atoms with van der Waals surface area (Å²) >= 11 is 0. The summed E-state index contributed by atoms with van der Waals surface area (Å²) in [4.78, 5) is 22.8. The Morgan fingerprint density at radius 2 is 1.83 bits per heavy atom. The van der Waals surface area contributed by atoms with Crippen molar-refractivity contribution in [2.75, 3.05) is 13.5 Å². The summed E-state index contributed by atoms with van der Waals surface area (Å²) in [5.41, 5.74) is -0.863. The molecule has 1 N–H and O–H groups in total. The first-order chi connectivity index (χ1) is 8.14. The van der Waals surface area contributed by atoms with E-state index in [1.807, 2.05) is 0 Å². The average Bonchev–Trinajstić information content (AvgIpc) is 2.21. The van der Waals surface area contributed by atoms with Gasteiger partial charge in [-0.15, -0.1) is 0 Å². The molecule has 2 unspecified atom stereocenters. The van der Waals surface area contributed by atoms with Gasteiger partial charge < -0.3 is 9.84 Å². The predicted molar refractivity (Wildman–Crippen MR) is 60.6 cm³/mol. The first kappa shape index (κ1) is 16.6. The minimum Gasteiger partial charge on any atom is -0.481 e. The summed E-state index contributed by atoms with van der Waals surface area (Å²) in [5.74, 6) is -2.53. The molecule has 0 aromatic carbocycles. The van der Waals surface area contributed by atoms with Crippen LogP contribution in [0.2, 0.25) is 0 Å². The quantitative estimate of drug-likeness (QED) is 0.775. The van der Waals surface area contributed by atoms with Crippen molar-refractivity contribution in [3.05, 3.63) is 0 Å². The van der Waals surface area contributed by atoms with E-state index in [4.69, 9.17) is 9.84 Å². The molecule has 106 valence electrons. The van der Waals surface area contributed by atoms with E-state index in [1.165, 1.54) is 6.92 Å². The number of ether oxygens (including phenoxy) is 1. The van der Waals surface area contributed by atoms with Crippen LogP contribution in [0.15, 0.2) is 0 Å². The fourth-order valence-electron chi connectivity index (χ4n) is 1.24. The van der Waals surface area contributed by atoms with Crippen LogP contribution in [0.25, 0.3) is 0 Å². The van der Waals surface area contributed by atoms with E-state index in [0.29, 0.717) is 4.90 Å². The van der Waals surface area contributed by atoms with Crippen LogP contribution in [-0.4, -0.2) is 47.2 Å². The summed E-state index contributed by atoms with van der Waals surface area (Å²) in [6, 6.07) is -1.39. The molecule has 0 fully saturated rings. The normalized spacial score (nSPS) is 14.8. The van der Waals surface area contributed by atoms with Gasteiger partial charge in [0.15, 0.2) is 6.80 Å². The van der Waals surface area contributed by atoms with E-state index in [2.05, 4.69) is 0 Å². The van der Waals surface area contributed by atoms with Crippen molar-refractivity contribution in [3.8, 4) is 0 Å². The van der Waals surface area contributed by atoms with Crippen LogP contribution in [0.4, 0.5) is 13.6 Å². The summed E-state index contributed by atoms with van der Waals surface area (Å²) in [6.45, 7) is 3.47. The zero-order valence-corrected chi connectivity index (χ0v) is 10.9. The second kappa shape index (κ2) is 6.51. The highest BCUT2D eigenvalue weighted by atomic mass is 19.1. The molecule has 0 heterocycles. The van der Waals surface area contributed by atoms with Crippen LogP contribution in [0.3, 0.4) is 0 Å². The van der Waals surface area contributed by atoms with Gasteiger partial charge >= 0.3 is 12.1 Å². The molecular weight excluding hydrogens is 248 g/mol. The summed E-state index contributed by atoms with van der Waals surface area (Å²) in [6.07, 6.45) is -1.07. The van der Waals surface area contributed by atoms with E-state index in [9.17, 15) is 18.4 Å². The Morgan fingerprint density at radius 1 is 1.33 bits per heavy atom. The Morgan fingerprint density at radius 3 is 2.11 bits per heavy atom. The Labute approximate surface area is 105 Å². The van der Waals surface area contributed by atoms with E-state index in [0.717, 1.165) is 0 Å². The highest BCUT2D eigenvalue weighted by Crippen LogP contribution is 2.17. The maximum Gasteiger partial charge on any atom is 0.412 e. The molecule has 7 heteroatoms. The first-order valence-electron chi connectivity index (χ1n) is 5.48. The summed E-state index contributed by atoms with van der Waals surface area (Å²) in [7, 11) is 0. The molecule has 2 atom stereocenters. The number of hydrogen-bond donors (Lipinski definition) is 1. The second-order valence-electron chi connectivity index (χ2n) is 4.92. The van der Waals surface area contributed by atoms with Gasteiger partial charge in [-0.2, -0.15) is 0 Å². The molecule has 0 aliphatic rings. The maximum absolute atomic E-state index is 12.8. The largest absolute Gasteiger partial charge is 0.481 e. The lowest BCUT2D eigenvalue weighted by atomic mass is 10.0. The molecule has 0 aliphatic carbocycles. The number of hydrogen-bond acceptors (Lipinski definition) is 3. The van der Waals surface area contributed by atoms with E-state index >= 15 is 0 Å². The number of rotatable bonds is 5. The van der Waals surface area contributed by atoms with Gasteiger partial charge in [-0.3, -0.25) is 9.69 Å². The van der Waals surface area contributed by atoms with Crippen LogP contribution in [0.5, 0.6) is 0 Å². The fraction of sp³-hybridized carbons (Fsp3) is 0.818. The molecule has 0 rings (SSSR count). The van der Waals surface area contributed by atoms with E-state index < -0.39 is 43.1 Å². The number of carboxylic acids is 1. The second-order valence-corrected chi connectivity index (χ2v) is 4.92. The van der Waals surface area contributed by atoms with Crippen LogP contribution in [0.1, 0.15) is 27.7 Å². The number of amides is 1. The molecule has 5 nitrogen and oxygen atoms in total. The number of nitrogens with zero attached hydrogens (tertiary/aromatic N) is 1. The highest BCUT2D eigenvalue weighted by molar-refractivity contribution is 5.73. The maximum atomic E-state index is 12.8. The fourth-order valence-corrected chi connectivity index (χ4v) is 1.24. The van der Waals surface area contributed by atoms with Crippen LogP contribution >= 0.6 is 0 Å². The zero-order chi connectivity index (χ0) is 14.5. The van der Waals surface area contributed by atoms with Crippen molar-refractivity contribution in [2.45, 2.75) is 39.3 Å². The molecule has 0 spiro atoms. The Balaban J connectivity index is 4.92. The first-order valence-corrected chi connectivity index (χ1v) is 5.48. The Kier molecular flexibility index (Phi) is 6.00. The lowest BCUT2D eigenvalue weighted by Gasteiger charge is -2.31. The van der Waals surface area contributed by atoms with Crippen LogP contribution in [-0.2, 0) is 9.53 Å². The van der Waals surface area contributed by atoms with Crippen molar-refractivity contribution >= 4 is 12.1 Å². The molecule has 18 heavy (non-hydrogen) atoms. The van der Waals surface area contributed by atoms with Gasteiger partial charge in [0.1, 0.15) is 12.3 Å². The van der Waals surface area contributed by atoms with Gasteiger partial charge in [0, 0.05) is 0 Å². The van der Waals surface area contributed by atoms with Gasteiger partial charge in [0.05, 0.1) is 12.0 Å². The number of carbonyl (C=O) groups excluding carboxylic acids is 1. The van der Waals surface area contributed by atoms with Crippen molar-refractivity contribution in [3.63, 3.8) is 0 Å². The molecule has 0 aromatic rings. The standard InChI is InChI=1S/C11H19F2NO4/c1-7(9(15)16)8(5-12)14(6-13)10(17)18-11(2,3)4/h7-8H,5-6H2,1-4H3,(H,15,16). The third-order valence-electron chi connectivity index (χ3n) is 2.28. The van der Waals surface area contributed by atoms with E-state index in [-0.39, 0.29) is 0 Å². The molecule has 0 radical (unpaired) electrons. The molecule has 0 bridgehead atoms. The predicted octanol–water partition coefficient (Wildman–Crippen LogP) is 2.21. The topological polar surface area (TPSA) is 66.8 Å². The number of carbonyl (C=O) groups is 2. The van der Waals surface area contributed by atoms with Gasteiger partial charge in [-0.05, 0) is 27.7 Å². The van der Waals surface area contributed by atoms with Crippen LogP contribution < -0.4 is 0 Å². The molecule has 0 saturated heterocycles. The average molecular weight is 267 g/mol. The van der Waals surface area contributed by atoms with E-state index in [1.54, 1.807) is 20.8 Å². The number of alkyl halides is 2. The molecular formula is C11H19F2NO4. The molecule has 0 saturated carbocycles. The summed E-state index contributed by atoms with van der Waals surface area (Å²) in [5, 5.41) is 8.77. The van der Waals surface area contributed by atoms with Crippen molar-refractivity contribution in [1.29, 1.82) is 0 Å². The minimum atomic E-state index is -1.39. The van der Waals surface area contributed by atoms with Gasteiger partial charge in [-0.1, -0.05) is 0 Å². The highest BCUT2D eigenvalue weighted by Gasteiger charge is 2.34. The van der Waals surface area contributed by atoms with Gasteiger partial charge in [0.25, 0.3) is 0 Å². The lowest BCUT2D eigenvalue weighted by molar-refractivity contribution is -0.143. The third kappa shape index (κ3) is 4.85. The van der Waals surface area contributed by atoms with Crippen molar-refractivity contribution in [2.24, 2.45) is 5.92 Å². The summed E-state index contributed by atoms with van der Waals surface area (Å²) < 4.78 is 30.5. The third-order valence-corrected chi connectivity index (χ3v) is 2.28. The Hall–Kier alpha value is -1.40. The Bertz CT molecular complexity index is 304. The molecule has 0 aromatic heterocycles. The SMILES string of the molecule is CC(C(=O)O)C(CF)N(CF)C(=O)OC(C)(C)C. The smallest absolute Gasteiger partial charge is 0.412 e. The monoisotopic (exact) mass is 267 g/mol. The number of halogens is 2. The lowest BCUT2D eigenvalue weighted by Crippen LogP contribution is -2.48.